The van der Waals surface area contributed by atoms with Gasteiger partial charge in [0.1, 0.15) is 5.82 Å². The highest BCUT2D eigenvalue weighted by Crippen LogP contribution is 2.30. The van der Waals surface area contributed by atoms with Crippen molar-refractivity contribution in [2.45, 2.75) is 39.7 Å². The smallest absolute Gasteiger partial charge is 0.155 e. The third-order valence-corrected chi connectivity index (χ3v) is 6.06. The molecular weight excluding hydrogens is 420 g/mol. The molecule has 172 valence electrons. The topological polar surface area (TPSA) is 92.4 Å². The minimum Gasteiger partial charge on any atom is -0.382 e. The van der Waals surface area contributed by atoms with Crippen LogP contribution in [-0.2, 0) is 13.0 Å². The van der Waals surface area contributed by atoms with Gasteiger partial charge in [-0.3, -0.25) is 0 Å². The van der Waals surface area contributed by atoms with Crippen molar-refractivity contribution in [3.05, 3.63) is 102 Å². The van der Waals surface area contributed by atoms with Crippen LogP contribution in [-0.4, -0.2) is 15.4 Å². The van der Waals surface area contributed by atoms with Crippen molar-refractivity contribution >= 4 is 5.84 Å². The maximum absolute atomic E-state index is 7.08. The molecule has 6 nitrogen and oxygen atoms in total. The zero-order chi connectivity index (χ0) is 23.9. The molecule has 6 heteroatoms. The molecule has 34 heavy (non-hydrogen) atoms. The van der Waals surface area contributed by atoms with Gasteiger partial charge in [-0.25, -0.2) is 4.98 Å². The van der Waals surface area contributed by atoms with Gasteiger partial charge in [-0.05, 0) is 53.3 Å². The lowest BCUT2D eigenvalue weighted by Gasteiger charge is -2.14. The minimum atomic E-state index is 0.225. The van der Waals surface area contributed by atoms with Crippen LogP contribution in [0.15, 0.2) is 89.3 Å². The number of amidine groups is 1. The van der Waals surface area contributed by atoms with Crippen molar-refractivity contribution in [2.24, 2.45) is 16.1 Å². The lowest BCUT2D eigenvalue weighted by Crippen LogP contribution is -2.14. The molecule has 0 spiro atoms. The molecular formula is C28H30N6. The zero-order valence-electron chi connectivity index (χ0n) is 19.7. The van der Waals surface area contributed by atoms with E-state index < -0.39 is 0 Å². The standard InChI is InChI=1S/C28H30N6/c1-3-4-10-27-31-18-20(2)34(27)19-21-11-13-23(14-12-21)26-17-24(22-8-6-5-7-9-22)15-16-25(26)28(29)32-33-30/h5-9,11-18H,3-4,10,19H2,1-2H3,(H3,29,30,32). The Kier molecular flexibility index (Phi) is 7.28. The number of nitrogens with one attached hydrogen (secondary N) is 1. The van der Waals surface area contributed by atoms with Crippen LogP contribution in [0.2, 0.25) is 0 Å². The Morgan fingerprint density at radius 1 is 0.971 bits per heavy atom. The average molecular weight is 451 g/mol. The third-order valence-electron chi connectivity index (χ3n) is 6.06. The summed E-state index contributed by atoms with van der Waals surface area (Å²) in [6, 6.07) is 24.9. The maximum atomic E-state index is 7.08. The Morgan fingerprint density at radius 3 is 2.41 bits per heavy atom. The van der Waals surface area contributed by atoms with Gasteiger partial charge in [-0.1, -0.05) is 79.2 Å². The van der Waals surface area contributed by atoms with Gasteiger partial charge in [0.2, 0.25) is 0 Å². The predicted molar refractivity (Wildman–Crippen MR) is 138 cm³/mol. The summed E-state index contributed by atoms with van der Waals surface area (Å²) in [6.07, 6.45) is 5.26. The monoisotopic (exact) mass is 450 g/mol. The van der Waals surface area contributed by atoms with E-state index in [1.807, 2.05) is 36.5 Å². The lowest BCUT2D eigenvalue weighted by atomic mass is 9.93. The quantitative estimate of drug-likeness (QED) is 0.131. The highest BCUT2D eigenvalue weighted by Gasteiger charge is 2.12. The first-order valence-electron chi connectivity index (χ1n) is 11.6. The summed E-state index contributed by atoms with van der Waals surface area (Å²) >= 11 is 0. The van der Waals surface area contributed by atoms with E-state index in [4.69, 9.17) is 11.3 Å². The number of nitrogens with two attached hydrogens (primary N) is 1. The molecule has 0 saturated carbocycles. The summed E-state index contributed by atoms with van der Waals surface area (Å²) in [6.45, 7) is 5.11. The molecule has 0 fully saturated rings. The summed E-state index contributed by atoms with van der Waals surface area (Å²) in [5.74, 6) is 1.37. The Labute approximate surface area is 200 Å². The second-order valence-corrected chi connectivity index (χ2v) is 8.41. The SMILES string of the molecule is CCCCc1ncc(C)n1Cc1ccc(-c2cc(-c3ccccc3)ccc2C(N)=NN=N)cc1. The number of nitrogens with zero attached hydrogens (tertiary/aromatic N) is 4. The number of unbranched alkanes of at least 4 members (excludes halogenated alkanes) is 1. The molecule has 0 saturated heterocycles. The number of aromatic nitrogens is 2. The maximum Gasteiger partial charge on any atom is 0.155 e. The van der Waals surface area contributed by atoms with Crippen molar-refractivity contribution < 1.29 is 0 Å². The van der Waals surface area contributed by atoms with Crippen LogP contribution in [0.4, 0.5) is 0 Å². The van der Waals surface area contributed by atoms with Crippen LogP contribution in [0, 0.1) is 12.5 Å². The van der Waals surface area contributed by atoms with Gasteiger partial charge in [0.25, 0.3) is 0 Å². The number of aryl methyl sites for hydroxylation is 2. The van der Waals surface area contributed by atoms with Crippen molar-refractivity contribution in [1.29, 1.82) is 5.53 Å². The normalized spacial score (nSPS) is 11.5. The number of benzene rings is 3. The van der Waals surface area contributed by atoms with Crippen LogP contribution in [0.5, 0.6) is 0 Å². The molecule has 0 aliphatic heterocycles. The lowest BCUT2D eigenvalue weighted by molar-refractivity contribution is 0.667. The number of hydrogen-bond acceptors (Lipinski definition) is 3. The van der Waals surface area contributed by atoms with E-state index in [9.17, 15) is 0 Å². The van der Waals surface area contributed by atoms with E-state index in [-0.39, 0.29) is 5.84 Å². The highest BCUT2D eigenvalue weighted by atomic mass is 15.3. The van der Waals surface area contributed by atoms with E-state index in [0.29, 0.717) is 0 Å². The molecule has 0 aliphatic carbocycles. The molecule has 0 radical (unpaired) electrons. The molecule has 0 bridgehead atoms. The van der Waals surface area contributed by atoms with Gasteiger partial charge in [0.15, 0.2) is 5.84 Å². The number of hydrogen-bond donors (Lipinski definition) is 2. The van der Waals surface area contributed by atoms with Gasteiger partial charge >= 0.3 is 0 Å². The van der Waals surface area contributed by atoms with E-state index in [1.54, 1.807) is 0 Å². The fourth-order valence-electron chi connectivity index (χ4n) is 4.16. The molecule has 0 aliphatic rings. The van der Waals surface area contributed by atoms with Crippen LogP contribution < -0.4 is 5.73 Å². The first-order valence-corrected chi connectivity index (χ1v) is 11.6. The van der Waals surface area contributed by atoms with Gasteiger partial charge in [0.05, 0.1) is 0 Å². The van der Waals surface area contributed by atoms with E-state index in [1.165, 1.54) is 11.3 Å². The summed E-state index contributed by atoms with van der Waals surface area (Å²) in [4.78, 5) is 4.61. The molecule has 0 amide bonds. The molecule has 0 atom stereocenters. The van der Waals surface area contributed by atoms with Crippen LogP contribution in [0.1, 0.15) is 42.4 Å². The molecule has 1 aromatic heterocycles. The first kappa shape index (κ1) is 23.1. The summed E-state index contributed by atoms with van der Waals surface area (Å²) in [7, 11) is 0. The molecule has 4 rings (SSSR count). The Balaban J connectivity index is 1.68. The summed E-state index contributed by atoms with van der Waals surface area (Å²) in [5, 5.41) is 6.90. The van der Waals surface area contributed by atoms with Crippen molar-refractivity contribution in [1.82, 2.24) is 9.55 Å². The Morgan fingerprint density at radius 2 is 1.71 bits per heavy atom. The van der Waals surface area contributed by atoms with E-state index in [2.05, 4.69) is 76.2 Å². The van der Waals surface area contributed by atoms with Gasteiger partial charge in [-0.2, -0.15) is 5.53 Å². The first-order chi connectivity index (χ1) is 16.6. The molecule has 4 aromatic rings. The van der Waals surface area contributed by atoms with Crippen molar-refractivity contribution in [3.63, 3.8) is 0 Å². The summed E-state index contributed by atoms with van der Waals surface area (Å²) < 4.78 is 2.30. The number of rotatable bonds is 9. The van der Waals surface area contributed by atoms with E-state index >= 15 is 0 Å². The third kappa shape index (κ3) is 5.12. The molecule has 1 heterocycles. The fraction of sp³-hybridized carbons (Fsp3) is 0.214. The predicted octanol–water partition coefficient (Wildman–Crippen LogP) is 6.57. The molecule has 3 aromatic carbocycles. The number of imidazole rings is 1. The van der Waals surface area contributed by atoms with Gasteiger partial charge in [-0.15, -0.1) is 5.10 Å². The summed E-state index contributed by atoms with van der Waals surface area (Å²) in [5.41, 5.74) is 20.6. The van der Waals surface area contributed by atoms with Crippen LogP contribution in [0.3, 0.4) is 0 Å². The Bertz CT molecular complexity index is 1290. The molecule has 0 unspecified atom stereocenters. The van der Waals surface area contributed by atoms with Gasteiger partial charge in [0, 0.05) is 30.4 Å². The van der Waals surface area contributed by atoms with Crippen molar-refractivity contribution in [2.75, 3.05) is 0 Å². The Hall–Kier alpha value is -4.06. The zero-order valence-corrected chi connectivity index (χ0v) is 19.7. The van der Waals surface area contributed by atoms with Crippen molar-refractivity contribution in [3.8, 4) is 22.3 Å². The minimum absolute atomic E-state index is 0.225. The second-order valence-electron chi connectivity index (χ2n) is 8.41. The van der Waals surface area contributed by atoms with E-state index in [0.717, 1.165) is 59.4 Å². The fourth-order valence-corrected chi connectivity index (χ4v) is 4.16. The van der Waals surface area contributed by atoms with Crippen LogP contribution >= 0.6 is 0 Å². The largest absolute Gasteiger partial charge is 0.382 e. The highest BCUT2D eigenvalue weighted by molar-refractivity contribution is 6.04. The van der Waals surface area contributed by atoms with Crippen LogP contribution in [0.25, 0.3) is 22.3 Å². The molecule has 3 N–H and O–H groups in total. The second kappa shape index (κ2) is 10.7. The van der Waals surface area contributed by atoms with Gasteiger partial charge < -0.3 is 10.3 Å². The average Bonchev–Trinajstić information content (AvgIpc) is 3.22.